The van der Waals surface area contributed by atoms with Crippen molar-refractivity contribution in [1.82, 2.24) is 10.2 Å². The van der Waals surface area contributed by atoms with Gasteiger partial charge in [0.2, 0.25) is 0 Å². The van der Waals surface area contributed by atoms with Crippen LogP contribution in [-0.2, 0) is 0 Å². The lowest BCUT2D eigenvalue weighted by molar-refractivity contribution is 0.457. The minimum Gasteiger partial charge on any atom is -0.382 e. The normalized spacial score (nSPS) is 20.4. The molecule has 0 saturated heterocycles. The fraction of sp³-hybridized carbons (Fsp3) is 0.438. The van der Waals surface area contributed by atoms with Gasteiger partial charge < -0.3 is 5.73 Å². The largest absolute Gasteiger partial charge is 0.382 e. The van der Waals surface area contributed by atoms with Gasteiger partial charge >= 0.3 is 0 Å². The molecule has 1 saturated carbocycles. The first kappa shape index (κ1) is 12.3. The summed E-state index contributed by atoms with van der Waals surface area (Å²) in [7, 11) is 0. The number of nitrogens with zero attached hydrogens (tertiary/aromatic N) is 1. The molecule has 0 atom stereocenters. The molecule has 1 aromatic heterocycles. The van der Waals surface area contributed by atoms with Gasteiger partial charge in [-0.1, -0.05) is 58.0 Å². The van der Waals surface area contributed by atoms with Crippen molar-refractivity contribution in [1.29, 1.82) is 0 Å². The van der Waals surface area contributed by atoms with Crippen LogP contribution in [0.1, 0.15) is 39.3 Å². The molecule has 100 valence electrons. The van der Waals surface area contributed by atoms with Crippen LogP contribution < -0.4 is 5.73 Å². The van der Waals surface area contributed by atoms with E-state index in [9.17, 15) is 0 Å². The molecule has 3 N–H and O–H groups in total. The first-order valence-electron chi connectivity index (χ1n) is 6.76. The summed E-state index contributed by atoms with van der Waals surface area (Å²) in [6.45, 7) is 9.24. The Bertz CT molecular complexity index is 594. The van der Waals surface area contributed by atoms with Gasteiger partial charge in [0.1, 0.15) is 0 Å². The minimum atomic E-state index is 0.273. The predicted octanol–water partition coefficient (Wildman–Crippen LogP) is 3.81. The maximum absolute atomic E-state index is 6.07. The maximum Gasteiger partial charge on any atom is 0.153 e. The monoisotopic (exact) mass is 255 g/mol. The summed E-state index contributed by atoms with van der Waals surface area (Å²) in [4.78, 5) is 0. The van der Waals surface area contributed by atoms with Crippen molar-refractivity contribution >= 4 is 5.82 Å². The number of aromatic amines is 1. The molecule has 1 fully saturated rings. The fourth-order valence-corrected chi connectivity index (χ4v) is 3.41. The van der Waals surface area contributed by atoms with Crippen LogP contribution in [-0.4, -0.2) is 10.2 Å². The Labute approximate surface area is 114 Å². The summed E-state index contributed by atoms with van der Waals surface area (Å²) in [5, 5.41) is 7.41. The summed E-state index contributed by atoms with van der Waals surface area (Å²) < 4.78 is 0. The lowest BCUT2D eigenvalue weighted by atomic mass is 9.99. The van der Waals surface area contributed by atoms with Crippen LogP contribution in [0, 0.1) is 10.8 Å². The molecular weight excluding hydrogens is 234 g/mol. The lowest BCUT2D eigenvalue weighted by Gasteiger charge is -2.06. The third-order valence-corrected chi connectivity index (χ3v) is 5.19. The first-order valence-corrected chi connectivity index (χ1v) is 6.76. The Morgan fingerprint density at radius 3 is 2.16 bits per heavy atom. The topological polar surface area (TPSA) is 54.7 Å². The number of rotatable bonds is 2. The molecule has 0 aliphatic heterocycles. The summed E-state index contributed by atoms with van der Waals surface area (Å²) in [5.74, 6) is 1.07. The van der Waals surface area contributed by atoms with Crippen LogP contribution in [0.25, 0.3) is 11.1 Å². The highest BCUT2D eigenvalue weighted by Gasteiger charge is 2.66. The van der Waals surface area contributed by atoms with Crippen molar-refractivity contribution in [3.63, 3.8) is 0 Å². The highest BCUT2D eigenvalue weighted by Crippen LogP contribution is 2.74. The molecule has 1 aliphatic carbocycles. The van der Waals surface area contributed by atoms with Crippen molar-refractivity contribution in [2.45, 2.75) is 33.6 Å². The fourth-order valence-electron chi connectivity index (χ4n) is 3.41. The smallest absolute Gasteiger partial charge is 0.153 e. The number of hydrogen-bond acceptors (Lipinski definition) is 2. The quantitative estimate of drug-likeness (QED) is 0.857. The number of nitrogens with one attached hydrogen (secondary N) is 1. The third kappa shape index (κ3) is 1.54. The number of aromatic nitrogens is 2. The molecule has 3 nitrogen and oxygen atoms in total. The Hall–Kier alpha value is -1.77. The van der Waals surface area contributed by atoms with Crippen LogP contribution in [0.2, 0.25) is 0 Å². The van der Waals surface area contributed by atoms with E-state index in [-0.39, 0.29) is 10.8 Å². The van der Waals surface area contributed by atoms with Gasteiger partial charge in [-0.3, -0.25) is 5.10 Å². The van der Waals surface area contributed by atoms with Crippen molar-refractivity contribution in [2.24, 2.45) is 10.8 Å². The van der Waals surface area contributed by atoms with E-state index in [0.29, 0.717) is 11.7 Å². The Kier molecular flexibility index (Phi) is 2.34. The van der Waals surface area contributed by atoms with Crippen molar-refractivity contribution in [3.8, 4) is 11.1 Å². The van der Waals surface area contributed by atoms with E-state index in [0.717, 1.165) is 11.1 Å². The van der Waals surface area contributed by atoms with E-state index < -0.39 is 0 Å². The number of hydrogen-bond donors (Lipinski definition) is 2. The molecule has 3 heteroatoms. The van der Waals surface area contributed by atoms with Gasteiger partial charge in [0.05, 0.1) is 0 Å². The Morgan fingerprint density at radius 1 is 1.05 bits per heavy atom. The summed E-state index contributed by atoms with van der Waals surface area (Å²) >= 11 is 0. The molecule has 0 radical (unpaired) electrons. The van der Waals surface area contributed by atoms with Gasteiger partial charge in [0.15, 0.2) is 5.82 Å². The molecule has 0 spiro atoms. The molecule has 0 bridgehead atoms. The van der Waals surface area contributed by atoms with E-state index in [1.807, 2.05) is 18.2 Å². The van der Waals surface area contributed by atoms with E-state index >= 15 is 0 Å². The number of nitrogen functional groups attached to an aromatic ring is 1. The molecule has 0 unspecified atom stereocenters. The van der Waals surface area contributed by atoms with Gasteiger partial charge in [-0.05, 0) is 16.4 Å². The Morgan fingerprint density at radius 2 is 1.63 bits per heavy atom. The second-order valence-electron chi connectivity index (χ2n) is 6.64. The van der Waals surface area contributed by atoms with Crippen molar-refractivity contribution in [2.75, 3.05) is 5.73 Å². The zero-order chi connectivity index (χ0) is 13.8. The second-order valence-corrected chi connectivity index (χ2v) is 6.64. The van der Waals surface area contributed by atoms with Gasteiger partial charge in [-0.2, -0.15) is 5.10 Å². The molecular formula is C16H21N3. The number of H-pyrrole nitrogens is 1. The van der Waals surface area contributed by atoms with Gasteiger partial charge in [0.25, 0.3) is 0 Å². The standard InChI is InChI=1S/C16H21N3/c1-15(2)13(16(15,3)4)12-11(14(17)19-18-12)10-8-6-5-7-9-10/h5-9,13H,1-4H3,(H3,17,18,19). The second kappa shape index (κ2) is 3.62. The van der Waals surface area contributed by atoms with Gasteiger partial charge in [0, 0.05) is 17.2 Å². The number of benzene rings is 1. The lowest BCUT2D eigenvalue weighted by Crippen LogP contribution is -1.95. The summed E-state index contributed by atoms with van der Waals surface area (Å²) in [6, 6.07) is 10.3. The van der Waals surface area contributed by atoms with Crippen LogP contribution in [0.5, 0.6) is 0 Å². The SMILES string of the molecule is CC1(C)C(c2[nH]nc(N)c2-c2ccccc2)C1(C)C. The highest BCUT2D eigenvalue weighted by atomic mass is 15.2. The predicted molar refractivity (Wildman–Crippen MR) is 78.7 cm³/mol. The summed E-state index contributed by atoms with van der Waals surface area (Å²) in [6.07, 6.45) is 0. The third-order valence-electron chi connectivity index (χ3n) is 5.19. The maximum atomic E-state index is 6.07. The molecule has 2 aromatic rings. The molecule has 1 aromatic carbocycles. The number of nitrogens with two attached hydrogens (primary N) is 1. The van der Waals surface area contributed by atoms with E-state index in [1.165, 1.54) is 5.69 Å². The van der Waals surface area contributed by atoms with Crippen LogP contribution in [0.3, 0.4) is 0 Å². The highest BCUT2D eigenvalue weighted by molar-refractivity contribution is 5.77. The molecule has 19 heavy (non-hydrogen) atoms. The molecule has 3 rings (SSSR count). The van der Waals surface area contributed by atoms with Crippen LogP contribution in [0.15, 0.2) is 30.3 Å². The van der Waals surface area contributed by atoms with Gasteiger partial charge in [-0.25, -0.2) is 0 Å². The van der Waals surface area contributed by atoms with Crippen molar-refractivity contribution < 1.29 is 0 Å². The zero-order valence-electron chi connectivity index (χ0n) is 12.0. The van der Waals surface area contributed by atoms with Crippen LogP contribution in [0.4, 0.5) is 5.82 Å². The minimum absolute atomic E-state index is 0.273. The number of anilines is 1. The van der Waals surface area contributed by atoms with E-state index in [4.69, 9.17) is 5.73 Å². The van der Waals surface area contributed by atoms with Crippen molar-refractivity contribution in [3.05, 3.63) is 36.0 Å². The Balaban J connectivity index is 2.12. The molecule has 1 aliphatic rings. The zero-order valence-corrected chi connectivity index (χ0v) is 12.0. The van der Waals surface area contributed by atoms with E-state index in [2.05, 4.69) is 50.0 Å². The van der Waals surface area contributed by atoms with Crippen LogP contribution >= 0.6 is 0 Å². The van der Waals surface area contributed by atoms with E-state index in [1.54, 1.807) is 0 Å². The molecule has 1 heterocycles. The average Bonchev–Trinajstić information content (AvgIpc) is 2.64. The molecule has 0 amide bonds. The first-order chi connectivity index (χ1) is 8.87. The van der Waals surface area contributed by atoms with Gasteiger partial charge in [-0.15, -0.1) is 0 Å². The summed E-state index contributed by atoms with van der Waals surface area (Å²) in [5.41, 5.74) is 10.0. The average molecular weight is 255 g/mol.